The van der Waals surface area contributed by atoms with Crippen molar-refractivity contribution in [2.24, 2.45) is 23.2 Å². The van der Waals surface area contributed by atoms with E-state index in [1.165, 1.54) is 19.3 Å². The maximum absolute atomic E-state index is 13.5. The van der Waals surface area contributed by atoms with E-state index >= 15 is 0 Å². The van der Waals surface area contributed by atoms with E-state index in [4.69, 9.17) is 0 Å². The van der Waals surface area contributed by atoms with Crippen LogP contribution in [-0.2, 0) is 9.59 Å². The Morgan fingerprint density at radius 2 is 1.72 bits per heavy atom. The molecule has 2 N–H and O–H groups in total. The Morgan fingerprint density at radius 3 is 2.28 bits per heavy atom. The second-order valence-electron chi connectivity index (χ2n) is 9.29. The lowest BCUT2D eigenvalue weighted by Crippen LogP contribution is -2.57. The normalized spacial score (nSPS) is 40.3. The lowest BCUT2D eigenvalue weighted by Gasteiger charge is -2.56. The fourth-order valence-electron chi connectivity index (χ4n) is 6.43. The van der Waals surface area contributed by atoms with Crippen LogP contribution in [0.15, 0.2) is 0 Å². The standard InChI is InChI=1S/C20H33N3O2/c1-13(21-2)12-22-18(24)17-4-3-5-23(17)19(25)20-9-14-6-15(10-20)8-16(7-14)11-20/h13-17,21H,3-12H2,1-2H3,(H,22,24). The molecule has 5 fully saturated rings. The first-order valence-electron chi connectivity index (χ1n) is 10.3. The molecule has 25 heavy (non-hydrogen) atoms. The Balaban J connectivity index is 1.45. The van der Waals surface area contributed by atoms with Crippen molar-refractivity contribution in [2.75, 3.05) is 20.1 Å². The van der Waals surface area contributed by atoms with Gasteiger partial charge in [-0.3, -0.25) is 9.59 Å². The number of carbonyl (C=O) groups is 2. The molecule has 1 heterocycles. The van der Waals surface area contributed by atoms with Crippen LogP contribution in [0.25, 0.3) is 0 Å². The Morgan fingerprint density at radius 1 is 1.12 bits per heavy atom. The maximum atomic E-state index is 13.5. The van der Waals surface area contributed by atoms with Gasteiger partial charge in [-0.25, -0.2) is 0 Å². The van der Waals surface area contributed by atoms with Crippen molar-refractivity contribution in [1.82, 2.24) is 15.5 Å². The van der Waals surface area contributed by atoms with Gasteiger partial charge in [-0.1, -0.05) is 0 Å². The molecule has 2 atom stereocenters. The molecule has 140 valence electrons. The molecule has 5 rings (SSSR count). The van der Waals surface area contributed by atoms with Gasteiger partial charge >= 0.3 is 0 Å². The molecule has 0 spiro atoms. The van der Waals surface area contributed by atoms with Crippen LogP contribution in [0.2, 0.25) is 0 Å². The number of nitrogens with zero attached hydrogens (tertiary/aromatic N) is 1. The molecular formula is C20H33N3O2. The quantitative estimate of drug-likeness (QED) is 0.799. The third-order valence-corrected chi connectivity index (χ3v) is 7.38. The number of hydrogen-bond acceptors (Lipinski definition) is 3. The maximum Gasteiger partial charge on any atom is 0.242 e. The topological polar surface area (TPSA) is 61.4 Å². The van der Waals surface area contributed by atoms with Crippen LogP contribution in [0.1, 0.15) is 58.3 Å². The zero-order valence-electron chi connectivity index (χ0n) is 15.7. The largest absolute Gasteiger partial charge is 0.353 e. The highest BCUT2D eigenvalue weighted by Crippen LogP contribution is 2.60. The van der Waals surface area contributed by atoms with Gasteiger partial charge in [-0.2, -0.15) is 0 Å². The average molecular weight is 348 g/mol. The number of carbonyl (C=O) groups excluding carboxylic acids is 2. The number of likely N-dealkylation sites (N-methyl/N-ethyl adjacent to an activating group) is 1. The smallest absolute Gasteiger partial charge is 0.242 e. The summed E-state index contributed by atoms with van der Waals surface area (Å²) in [6, 6.07) is 0.00205. The molecule has 0 aromatic carbocycles. The van der Waals surface area contributed by atoms with E-state index < -0.39 is 0 Å². The van der Waals surface area contributed by atoms with E-state index in [1.54, 1.807) is 0 Å². The number of hydrogen-bond donors (Lipinski definition) is 2. The molecule has 0 radical (unpaired) electrons. The fourth-order valence-corrected chi connectivity index (χ4v) is 6.43. The highest BCUT2D eigenvalue weighted by atomic mass is 16.2. The molecule has 4 saturated carbocycles. The summed E-state index contributed by atoms with van der Waals surface area (Å²) in [6.07, 6.45) is 9.06. The van der Waals surface area contributed by atoms with Gasteiger partial charge in [0.15, 0.2) is 0 Å². The molecule has 4 bridgehead atoms. The molecule has 4 aliphatic carbocycles. The van der Waals surface area contributed by atoms with Crippen molar-refractivity contribution in [2.45, 2.75) is 70.4 Å². The third-order valence-electron chi connectivity index (χ3n) is 7.38. The van der Waals surface area contributed by atoms with Crippen molar-refractivity contribution < 1.29 is 9.59 Å². The van der Waals surface area contributed by atoms with E-state index in [0.717, 1.165) is 56.4 Å². The van der Waals surface area contributed by atoms with Gasteiger partial charge in [-0.05, 0) is 83.1 Å². The minimum Gasteiger partial charge on any atom is -0.353 e. The molecule has 5 nitrogen and oxygen atoms in total. The van der Waals surface area contributed by atoms with E-state index in [2.05, 4.69) is 10.6 Å². The third kappa shape index (κ3) is 3.09. The molecule has 1 saturated heterocycles. The Hall–Kier alpha value is -1.10. The monoisotopic (exact) mass is 347 g/mol. The zero-order chi connectivity index (χ0) is 17.6. The number of rotatable bonds is 5. The van der Waals surface area contributed by atoms with Crippen LogP contribution >= 0.6 is 0 Å². The molecule has 0 aromatic heterocycles. The highest BCUT2D eigenvalue weighted by Gasteiger charge is 2.56. The summed E-state index contributed by atoms with van der Waals surface area (Å²) in [4.78, 5) is 28.2. The average Bonchev–Trinajstić information content (AvgIpc) is 3.07. The first-order chi connectivity index (χ1) is 12.0. The van der Waals surface area contributed by atoms with E-state index in [0.29, 0.717) is 12.5 Å². The minimum atomic E-state index is -0.246. The number of nitrogens with one attached hydrogen (secondary N) is 2. The fraction of sp³-hybridized carbons (Fsp3) is 0.900. The van der Waals surface area contributed by atoms with Crippen LogP contribution < -0.4 is 10.6 Å². The van der Waals surface area contributed by atoms with Crippen LogP contribution in [0, 0.1) is 23.2 Å². The Kier molecular flexibility index (Phi) is 4.55. The van der Waals surface area contributed by atoms with Crippen LogP contribution in [-0.4, -0.2) is 48.9 Å². The van der Waals surface area contributed by atoms with Gasteiger partial charge < -0.3 is 15.5 Å². The van der Waals surface area contributed by atoms with Crippen LogP contribution in [0.5, 0.6) is 0 Å². The SMILES string of the molecule is CNC(C)CNC(=O)C1CCCN1C(=O)C12CC3CC(CC(C3)C1)C2. The first-order valence-corrected chi connectivity index (χ1v) is 10.3. The summed E-state index contributed by atoms with van der Waals surface area (Å²) in [5, 5.41) is 6.18. The molecule has 2 unspecified atom stereocenters. The van der Waals surface area contributed by atoms with Gasteiger partial charge in [0.25, 0.3) is 0 Å². The summed E-state index contributed by atoms with van der Waals surface area (Å²) in [5.74, 6) is 2.65. The predicted octanol–water partition coefficient (Wildman–Crippen LogP) is 1.92. The Bertz CT molecular complexity index is 512. The van der Waals surface area contributed by atoms with Crippen molar-refractivity contribution >= 4 is 11.8 Å². The van der Waals surface area contributed by atoms with E-state index in [9.17, 15) is 9.59 Å². The molecule has 1 aliphatic heterocycles. The lowest BCUT2D eigenvalue weighted by atomic mass is 9.49. The predicted molar refractivity (Wildman–Crippen MR) is 96.9 cm³/mol. The van der Waals surface area contributed by atoms with E-state index in [-0.39, 0.29) is 23.4 Å². The summed E-state index contributed by atoms with van der Waals surface area (Å²) < 4.78 is 0. The molecule has 5 heteroatoms. The van der Waals surface area contributed by atoms with Crippen molar-refractivity contribution in [3.8, 4) is 0 Å². The summed E-state index contributed by atoms with van der Waals surface area (Å²) >= 11 is 0. The van der Waals surface area contributed by atoms with Gasteiger partial charge in [0.2, 0.25) is 11.8 Å². The highest BCUT2D eigenvalue weighted by molar-refractivity contribution is 5.91. The van der Waals surface area contributed by atoms with Gasteiger partial charge in [0.05, 0.1) is 5.41 Å². The lowest BCUT2D eigenvalue weighted by molar-refractivity contribution is -0.160. The zero-order valence-corrected chi connectivity index (χ0v) is 15.7. The second kappa shape index (κ2) is 6.57. The molecule has 5 aliphatic rings. The van der Waals surface area contributed by atoms with Crippen LogP contribution in [0.4, 0.5) is 0 Å². The Labute approximate surface area is 151 Å². The van der Waals surface area contributed by atoms with Crippen molar-refractivity contribution in [3.05, 3.63) is 0 Å². The molecule has 2 amide bonds. The summed E-state index contributed by atoms with van der Waals surface area (Å²) in [5.41, 5.74) is -0.129. The molecular weight excluding hydrogens is 314 g/mol. The first kappa shape index (κ1) is 17.3. The summed E-state index contributed by atoms with van der Waals surface area (Å²) in [6.45, 7) is 3.43. The van der Waals surface area contributed by atoms with E-state index in [1.807, 2.05) is 18.9 Å². The van der Waals surface area contributed by atoms with Gasteiger partial charge in [0, 0.05) is 19.1 Å². The van der Waals surface area contributed by atoms with Crippen LogP contribution in [0.3, 0.4) is 0 Å². The minimum absolute atomic E-state index is 0.0395. The number of likely N-dealkylation sites (tertiary alicyclic amines) is 1. The number of amides is 2. The van der Waals surface area contributed by atoms with Gasteiger partial charge in [0.1, 0.15) is 6.04 Å². The van der Waals surface area contributed by atoms with Crippen molar-refractivity contribution in [3.63, 3.8) is 0 Å². The van der Waals surface area contributed by atoms with Gasteiger partial charge in [-0.15, -0.1) is 0 Å². The summed E-state index contributed by atoms with van der Waals surface area (Å²) in [7, 11) is 1.90. The van der Waals surface area contributed by atoms with Crippen molar-refractivity contribution in [1.29, 1.82) is 0 Å². The second-order valence-corrected chi connectivity index (χ2v) is 9.29. The molecule has 0 aromatic rings.